The molecule has 2 atom stereocenters. The Morgan fingerprint density at radius 3 is 2.52 bits per heavy atom. The van der Waals surface area contributed by atoms with E-state index < -0.39 is 36.7 Å². The van der Waals surface area contributed by atoms with Gasteiger partial charge in [0.05, 0.1) is 11.3 Å². The average molecular weight is 439 g/mol. The molecule has 31 heavy (non-hydrogen) atoms. The van der Waals surface area contributed by atoms with Crippen molar-refractivity contribution >= 4 is 11.6 Å². The smallest absolute Gasteiger partial charge is 0.261 e. The second-order valence-electron chi connectivity index (χ2n) is 7.08. The molecule has 1 aromatic heterocycles. The van der Waals surface area contributed by atoms with Crippen LogP contribution in [0.1, 0.15) is 22.5 Å². The molecule has 0 aliphatic carbocycles. The number of hydrogen-bond donors (Lipinski definition) is 2. The minimum atomic E-state index is -3.15. The van der Waals surface area contributed by atoms with Gasteiger partial charge in [-0.2, -0.15) is 5.26 Å². The van der Waals surface area contributed by atoms with Gasteiger partial charge in [-0.3, -0.25) is 4.79 Å². The van der Waals surface area contributed by atoms with Crippen molar-refractivity contribution in [1.82, 2.24) is 10.3 Å². The molecule has 1 amide bonds. The fourth-order valence-corrected chi connectivity index (χ4v) is 3.46. The van der Waals surface area contributed by atoms with E-state index in [1.807, 2.05) is 11.4 Å². The maximum atomic E-state index is 13.9. The van der Waals surface area contributed by atoms with Gasteiger partial charge in [-0.1, -0.05) is 0 Å². The Bertz CT molecular complexity index is 1010. The Kier molecular flexibility index (Phi) is 6.70. The van der Waals surface area contributed by atoms with Crippen LogP contribution in [0.3, 0.4) is 0 Å². The van der Waals surface area contributed by atoms with Gasteiger partial charge in [-0.05, 0) is 24.1 Å². The molecule has 1 fully saturated rings. The van der Waals surface area contributed by atoms with Crippen LogP contribution >= 0.6 is 0 Å². The number of carbonyl (C=O) groups excluding carboxylic acids is 1. The van der Waals surface area contributed by atoms with Crippen LogP contribution in [0, 0.1) is 23.0 Å². The first-order valence-electron chi connectivity index (χ1n) is 9.30. The first kappa shape index (κ1) is 22.4. The molecule has 0 saturated carbocycles. The van der Waals surface area contributed by atoms with Crippen molar-refractivity contribution in [2.45, 2.75) is 24.9 Å². The molecule has 0 radical (unpaired) electrons. The molecule has 2 heterocycles. The Morgan fingerprint density at radius 2 is 2.00 bits per heavy atom. The quantitative estimate of drug-likeness (QED) is 0.675. The van der Waals surface area contributed by atoms with Crippen molar-refractivity contribution in [3.05, 3.63) is 47.3 Å². The van der Waals surface area contributed by atoms with Crippen LogP contribution < -0.4 is 16.0 Å². The van der Waals surface area contributed by atoms with Gasteiger partial charge in [0.1, 0.15) is 36.1 Å². The number of carbonyl (C=O) groups is 1. The maximum absolute atomic E-state index is 13.9. The van der Waals surface area contributed by atoms with Crippen LogP contribution in [0.5, 0.6) is 0 Å². The Hall–Kier alpha value is -3.26. The number of benzene rings is 1. The summed E-state index contributed by atoms with van der Waals surface area (Å²) in [6.45, 7) is -0.928. The van der Waals surface area contributed by atoms with Gasteiger partial charge >= 0.3 is 0 Å². The van der Waals surface area contributed by atoms with E-state index in [4.69, 9.17) is 5.73 Å². The zero-order valence-electron chi connectivity index (χ0n) is 16.1. The number of amides is 1. The topological polar surface area (TPSA) is 95.0 Å². The van der Waals surface area contributed by atoms with Gasteiger partial charge in [-0.15, -0.1) is 0 Å². The lowest BCUT2D eigenvalue weighted by atomic mass is 9.97. The molecule has 11 heteroatoms. The summed E-state index contributed by atoms with van der Waals surface area (Å²) in [6, 6.07) is 2.05. The number of alkyl halides is 3. The van der Waals surface area contributed by atoms with Crippen LogP contribution in [0.15, 0.2) is 24.4 Å². The number of pyridine rings is 1. The van der Waals surface area contributed by atoms with E-state index in [0.29, 0.717) is 19.0 Å². The van der Waals surface area contributed by atoms with Crippen LogP contribution in [0.4, 0.5) is 27.6 Å². The summed E-state index contributed by atoms with van der Waals surface area (Å²) in [5, 5.41) is 11.4. The number of nitriles is 1. The average Bonchev–Trinajstić information content (AvgIpc) is 3.15. The molecule has 3 rings (SSSR count). The highest BCUT2D eigenvalue weighted by molar-refractivity contribution is 6.04. The normalized spacial score (nSPS) is 17.0. The van der Waals surface area contributed by atoms with Gasteiger partial charge in [0.15, 0.2) is 0 Å². The molecule has 1 aliphatic rings. The summed E-state index contributed by atoms with van der Waals surface area (Å²) in [5.41, 5.74) is 5.43. The summed E-state index contributed by atoms with van der Waals surface area (Å²) in [4.78, 5) is 18.2. The predicted octanol–water partition coefficient (Wildman–Crippen LogP) is 2.77. The molecule has 1 saturated heterocycles. The Balaban J connectivity index is 2.22. The number of nitrogens with two attached hydrogens (primary N) is 1. The van der Waals surface area contributed by atoms with E-state index in [1.54, 1.807) is 4.90 Å². The Labute approximate surface area is 174 Å². The molecular weight excluding hydrogens is 421 g/mol. The third-order valence-electron chi connectivity index (χ3n) is 4.88. The van der Waals surface area contributed by atoms with Crippen LogP contribution in [0.25, 0.3) is 11.1 Å². The highest BCUT2D eigenvalue weighted by Crippen LogP contribution is 2.38. The molecule has 164 valence electrons. The zero-order valence-corrected chi connectivity index (χ0v) is 16.1. The van der Waals surface area contributed by atoms with Crippen LogP contribution in [-0.2, 0) is 0 Å². The summed E-state index contributed by atoms with van der Waals surface area (Å²) in [5.74, 6) is -2.91. The lowest BCUT2D eigenvalue weighted by Gasteiger charge is -2.26. The third kappa shape index (κ3) is 4.74. The van der Waals surface area contributed by atoms with E-state index in [9.17, 15) is 32.0 Å². The summed E-state index contributed by atoms with van der Waals surface area (Å²) >= 11 is 0. The SMILES string of the molecule is N#Cc1ncc(C(=O)NC(CF)C(F)F)c(N2CCC(N)C2)c1-c1cc(F)cc(F)c1. The molecule has 1 aliphatic heterocycles. The monoisotopic (exact) mass is 439 g/mol. The van der Waals surface area contributed by atoms with Gasteiger partial charge in [-0.25, -0.2) is 26.9 Å². The second kappa shape index (κ2) is 9.26. The summed E-state index contributed by atoms with van der Waals surface area (Å²) in [6.07, 6.45) is -1.64. The van der Waals surface area contributed by atoms with Crippen molar-refractivity contribution < 1.29 is 26.7 Å². The zero-order chi connectivity index (χ0) is 22.7. The largest absolute Gasteiger partial charge is 0.369 e. The molecule has 2 unspecified atom stereocenters. The number of anilines is 1. The third-order valence-corrected chi connectivity index (χ3v) is 4.88. The number of rotatable bonds is 6. The number of nitrogens with one attached hydrogen (secondary N) is 1. The fourth-order valence-electron chi connectivity index (χ4n) is 3.46. The van der Waals surface area contributed by atoms with E-state index in [1.165, 1.54) is 0 Å². The van der Waals surface area contributed by atoms with Gasteiger partial charge in [0.25, 0.3) is 12.3 Å². The molecular formula is C20H18F5N5O. The number of hydrogen-bond acceptors (Lipinski definition) is 5. The lowest BCUT2D eigenvalue weighted by molar-refractivity contribution is 0.0681. The molecule has 0 bridgehead atoms. The summed E-state index contributed by atoms with van der Waals surface area (Å²) in [7, 11) is 0. The minimum absolute atomic E-state index is 0.0449. The fraction of sp³-hybridized carbons (Fsp3) is 0.350. The minimum Gasteiger partial charge on any atom is -0.369 e. The Morgan fingerprint density at radius 1 is 1.32 bits per heavy atom. The molecule has 0 spiro atoms. The van der Waals surface area contributed by atoms with E-state index in [-0.39, 0.29) is 40.7 Å². The van der Waals surface area contributed by atoms with Crippen LogP contribution in [-0.4, -0.2) is 49.2 Å². The van der Waals surface area contributed by atoms with Gasteiger partial charge < -0.3 is 16.0 Å². The van der Waals surface area contributed by atoms with E-state index >= 15 is 0 Å². The molecule has 1 aromatic carbocycles. The van der Waals surface area contributed by atoms with Gasteiger partial charge in [0, 0.05) is 37.0 Å². The van der Waals surface area contributed by atoms with E-state index in [0.717, 1.165) is 18.3 Å². The molecule has 6 nitrogen and oxygen atoms in total. The highest BCUT2D eigenvalue weighted by atomic mass is 19.3. The maximum Gasteiger partial charge on any atom is 0.261 e. The standard InChI is InChI=1S/C20H18F5N5O/c21-6-15(19(24)25)29-20(31)14-8-28-16(7-26)17(10-3-11(22)5-12(23)4-10)18(14)30-2-1-13(27)9-30/h3-5,8,13,15,19H,1-2,6,9,27H2,(H,29,31). The lowest BCUT2D eigenvalue weighted by Crippen LogP contribution is -2.42. The van der Waals surface area contributed by atoms with Crippen molar-refractivity contribution in [3.63, 3.8) is 0 Å². The van der Waals surface area contributed by atoms with Crippen molar-refractivity contribution in [2.75, 3.05) is 24.7 Å². The van der Waals surface area contributed by atoms with Gasteiger partial charge in [0.2, 0.25) is 0 Å². The van der Waals surface area contributed by atoms with Crippen molar-refractivity contribution in [1.29, 1.82) is 5.26 Å². The van der Waals surface area contributed by atoms with Crippen LogP contribution in [0.2, 0.25) is 0 Å². The first-order chi connectivity index (χ1) is 14.7. The van der Waals surface area contributed by atoms with E-state index in [2.05, 4.69) is 4.98 Å². The summed E-state index contributed by atoms with van der Waals surface area (Å²) < 4.78 is 66.6. The first-order valence-corrected chi connectivity index (χ1v) is 9.30. The van der Waals surface area contributed by atoms with Crippen molar-refractivity contribution in [3.8, 4) is 17.2 Å². The second-order valence-corrected chi connectivity index (χ2v) is 7.08. The molecule has 3 N–H and O–H groups in total. The predicted molar refractivity (Wildman–Crippen MR) is 102 cm³/mol. The van der Waals surface area contributed by atoms with Crippen molar-refractivity contribution in [2.24, 2.45) is 5.73 Å². The number of halogens is 5. The number of nitrogens with zero attached hydrogens (tertiary/aromatic N) is 3. The molecule has 2 aromatic rings. The number of aromatic nitrogens is 1. The highest BCUT2D eigenvalue weighted by Gasteiger charge is 2.31.